The summed E-state index contributed by atoms with van der Waals surface area (Å²) in [5, 5.41) is 6.00. The summed E-state index contributed by atoms with van der Waals surface area (Å²) in [6.07, 6.45) is 1.80. The Balaban J connectivity index is 1.41. The second-order valence-electron chi connectivity index (χ2n) is 8.49. The molecule has 7 nitrogen and oxygen atoms in total. The molecule has 0 aromatic heterocycles. The lowest BCUT2D eigenvalue weighted by atomic mass is 10.0. The van der Waals surface area contributed by atoms with Crippen molar-refractivity contribution in [3.63, 3.8) is 0 Å². The Morgan fingerprint density at radius 3 is 2.25 bits per heavy atom. The van der Waals surface area contributed by atoms with Crippen LogP contribution in [0.5, 0.6) is 5.75 Å². The van der Waals surface area contributed by atoms with Gasteiger partial charge in [0, 0.05) is 50.0 Å². The molecule has 2 aromatic rings. The van der Waals surface area contributed by atoms with Crippen molar-refractivity contribution in [3.05, 3.63) is 59.7 Å². The van der Waals surface area contributed by atoms with E-state index in [1.54, 1.807) is 19.1 Å². The average molecular weight is 439 g/mol. The molecule has 0 aliphatic carbocycles. The van der Waals surface area contributed by atoms with Gasteiger partial charge in [0.15, 0.2) is 0 Å². The maximum Gasteiger partial charge on any atom is 0.315 e. The number of anilines is 1. The van der Waals surface area contributed by atoms with Gasteiger partial charge in [-0.1, -0.05) is 12.1 Å². The van der Waals surface area contributed by atoms with Crippen molar-refractivity contribution in [2.24, 2.45) is 0 Å². The number of methoxy groups -OCH3 is 1. The number of rotatable bonds is 7. The van der Waals surface area contributed by atoms with Crippen LogP contribution >= 0.6 is 0 Å². The molecule has 2 aromatic carbocycles. The number of hydrogen-bond acceptors (Lipinski definition) is 4. The molecule has 0 unspecified atom stereocenters. The third kappa shape index (κ3) is 6.15. The largest absolute Gasteiger partial charge is 0.497 e. The standard InChI is InChI=1S/C25H34N4O3/c1-18(2)28(3)24(30)20-7-5-19(6-8-20)17-26-25(31)27-21-13-15-29(16-14-21)22-9-11-23(32-4)12-10-22/h5-12,18,21H,13-17H2,1-4H3,(H2,26,27,31). The van der Waals surface area contributed by atoms with Gasteiger partial charge in [0.25, 0.3) is 5.91 Å². The van der Waals surface area contributed by atoms with Crippen molar-refractivity contribution in [2.75, 3.05) is 32.1 Å². The highest BCUT2D eigenvalue weighted by Gasteiger charge is 2.21. The first-order chi connectivity index (χ1) is 15.4. The quantitative estimate of drug-likeness (QED) is 0.692. The molecular formula is C25H34N4O3. The third-order valence-corrected chi connectivity index (χ3v) is 6.02. The lowest BCUT2D eigenvalue weighted by molar-refractivity contribution is 0.0755. The van der Waals surface area contributed by atoms with Gasteiger partial charge in [-0.05, 0) is 68.7 Å². The summed E-state index contributed by atoms with van der Waals surface area (Å²) in [7, 11) is 3.47. The van der Waals surface area contributed by atoms with Crippen LogP contribution < -0.4 is 20.3 Å². The maximum absolute atomic E-state index is 12.4. The Labute approximate surface area is 190 Å². The summed E-state index contributed by atoms with van der Waals surface area (Å²) in [5.74, 6) is 0.851. The molecule has 0 atom stereocenters. The summed E-state index contributed by atoms with van der Waals surface area (Å²) in [6.45, 7) is 6.19. The Hall–Kier alpha value is -3.22. The first-order valence-electron chi connectivity index (χ1n) is 11.2. The monoisotopic (exact) mass is 438 g/mol. The van der Waals surface area contributed by atoms with Crippen LogP contribution in [0.1, 0.15) is 42.6 Å². The molecule has 1 heterocycles. The highest BCUT2D eigenvalue weighted by Crippen LogP contribution is 2.22. The summed E-state index contributed by atoms with van der Waals surface area (Å²) in [6, 6.07) is 15.6. The van der Waals surface area contributed by atoms with Gasteiger partial charge < -0.3 is 25.2 Å². The highest BCUT2D eigenvalue weighted by atomic mass is 16.5. The van der Waals surface area contributed by atoms with Crippen LogP contribution in [0.3, 0.4) is 0 Å². The van der Waals surface area contributed by atoms with Crippen molar-refractivity contribution in [2.45, 2.75) is 45.3 Å². The van der Waals surface area contributed by atoms with Gasteiger partial charge in [0.2, 0.25) is 0 Å². The predicted octanol–water partition coefficient (Wildman–Crippen LogP) is 3.64. The Morgan fingerprint density at radius 1 is 1.06 bits per heavy atom. The average Bonchev–Trinajstić information content (AvgIpc) is 2.82. The number of ether oxygens (including phenoxy) is 1. The summed E-state index contributed by atoms with van der Waals surface area (Å²) >= 11 is 0. The second kappa shape index (κ2) is 10.9. The minimum Gasteiger partial charge on any atom is -0.497 e. The molecule has 7 heteroatoms. The lowest BCUT2D eigenvalue weighted by Gasteiger charge is -2.34. The van der Waals surface area contributed by atoms with E-state index in [-0.39, 0.29) is 24.0 Å². The molecule has 0 spiro atoms. The summed E-state index contributed by atoms with van der Waals surface area (Å²) < 4.78 is 5.22. The molecular weight excluding hydrogens is 404 g/mol. The molecule has 1 aliphatic rings. The van der Waals surface area contributed by atoms with Gasteiger partial charge in [0.05, 0.1) is 7.11 Å². The van der Waals surface area contributed by atoms with Crippen molar-refractivity contribution in [3.8, 4) is 5.75 Å². The predicted molar refractivity (Wildman–Crippen MR) is 127 cm³/mol. The van der Waals surface area contributed by atoms with Crippen molar-refractivity contribution in [1.29, 1.82) is 0 Å². The second-order valence-corrected chi connectivity index (χ2v) is 8.49. The zero-order valence-electron chi connectivity index (χ0n) is 19.4. The Morgan fingerprint density at radius 2 is 1.69 bits per heavy atom. The number of hydrogen-bond donors (Lipinski definition) is 2. The summed E-state index contributed by atoms with van der Waals surface area (Å²) in [4.78, 5) is 28.7. The molecule has 32 heavy (non-hydrogen) atoms. The minimum atomic E-state index is -0.160. The third-order valence-electron chi connectivity index (χ3n) is 6.02. The van der Waals surface area contributed by atoms with Crippen LogP contribution in [0.25, 0.3) is 0 Å². The van der Waals surface area contributed by atoms with Crippen molar-refractivity contribution in [1.82, 2.24) is 15.5 Å². The maximum atomic E-state index is 12.4. The van der Waals surface area contributed by atoms with Crippen LogP contribution in [0, 0.1) is 0 Å². The number of carbonyl (C=O) groups is 2. The van der Waals surface area contributed by atoms with E-state index in [1.807, 2.05) is 50.2 Å². The van der Waals surface area contributed by atoms with Gasteiger partial charge in [-0.3, -0.25) is 4.79 Å². The van der Waals surface area contributed by atoms with Crippen LogP contribution in [0.15, 0.2) is 48.5 Å². The topological polar surface area (TPSA) is 73.9 Å². The van der Waals surface area contributed by atoms with E-state index >= 15 is 0 Å². The minimum absolute atomic E-state index is 0.00163. The smallest absolute Gasteiger partial charge is 0.315 e. The Bertz CT molecular complexity index is 888. The molecule has 3 amide bonds. The normalized spacial score (nSPS) is 14.2. The van der Waals surface area contributed by atoms with Crippen molar-refractivity contribution < 1.29 is 14.3 Å². The zero-order chi connectivity index (χ0) is 23.1. The summed E-state index contributed by atoms with van der Waals surface area (Å²) in [5.41, 5.74) is 2.78. The first kappa shape index (κ1) is 23.4. The van der Waals surface area contributed by atoms with E-state index in [4.69, 9.17) is 4.74 Å². The van der Waals surface area contributed by atoms with Gasteiger partial charge in [-0.15, -0.1) is 0 Å². The van der Waals surface area contributed by atoms with E-state index < -0.39 is 0 Å². The van der Waals surface area contributed by atoms with Gasteiger partial charge in [-0.25, -0.2) is 4.79 Å². The number of carbonyl (C=O) groups excluding carboxylic acids is 2. The number of benzene rings is 2. The molecule has 0 saturated carbocycles. The molecule has 1 fully saturated rings. The van der Waals surface area contributed by atoms with E-state index in [2.05, 4.69) is 27.7 Å². The molecule has 1 saturated heterocycles. The first-order valence-corrected chi connectivity index (χ1v) is 11.2. The molecule has 172 valence electrons. The molecule has 0 bridgehead atoms. The van der Waals surface area contributed by atoms with Crippen molar-refractivity contribution >= 4 is 17.6 Å². The number of amides is 3. The fourth-order valence-electron chi connectivity index (χ4n) is 3.70. The zero-order valence-corrected chi connectivity index (χ0v) is 19.4. The Kier molecular flexibility index (Phi) is 7.98. The fourth-order valence-corrected chi connectivity index (χ4v) is 3.70. The van der Waals surface area contributed by atoms with Crippen LogP contribution in [-0.4, -0.2) is 56.2 Å². The SMILES string of the molecule is COc1ccc(N2CCC(NC(=O)NCc3ccc(C(=O)N(C)C(C)C)cc3)CC2)cc1. The number of nitrogens with zero attached hydrogens (tertiary/aromatic N) is 2. The van der Waals surface area contributed by atoms with Gasteiger partial charge in [0.1, 0.15) is 5.75 Å². The molecule has 1 aliphatic heterocycles. The van der Waals surface area contributed by atoms with Crippen LogP contribution in [0.4, 0.5) is 10.5 Å². The fraction of sp³-hybridized carbons (Fsp3) is 0.440. The van der Waals surface area contributed by atoms with Crippen LogP contribution in [-0.2, 0) is 6.54 Å². The van der Waals surface area contributed by atoms with E-state index in [0.717, 1.165) is 37.2 Å². The van der Waals surface area contributed by atoms with E-state index in [0.29, 0.717) is 12.1 Å². The number of piperidine rings is 1. The van der Waals surface area contributed by atoms with Gasteiger partial charge in [-0.2, -0.15) is 0 Å². The lowest BCUT2D eigenvalue weighted by Crippen LogP contribution is -2.47. The molecule has 3 rings (SSSR count). The highest BCUT2D eigenvalue weighted by molar-refractivity contribution is 5.94. The van der Waals surface area contributed by atoms with E-state index in [1.165, 1.54) is 5.69 Å². The number of nitrogens with one attached hydrogen (secondary N) is 2. The number of urea groups is 1. The van der Waals surface area contributed by atoms with Gasteiger partial charge >= 0.3 is 6.03 Å². The van der Waals surface area contributed by atoms with Crippen LogP contribution in [0.2, 0.25) is 0 Å². The van der Waals surface area contributed by atoms with E-state index in [9.17, 15) is 9.59 Å². The molecule has 2 N–H and O–H groups in total. The molecule has 0 radical (unpaired) electrons.